The highest BCUT2D eigenvalue weighted by Gasteiger charge is 2.12. The van der Waals surface area contributed by atoms with Crippen LogP contribution >= 0.6 is 23.5 Å². The van der Waals surface area contributed by atoms with E-state index in [4.69, 9.17) is 11.6 Å². The normalized spacial score (nSPS) is 10.6. The first-order valence-electron chi connectivity index (χ1n) is 9.35. The molecule has 0 radical (unpaired) electrons. The van der Waals surface area contributed by atoms with Gasteiger partial charge in [-0.05, 0) is 41.5 Å². The van der Waals surface area contributed by atoms with Crippen molar-refractivity contribution in [3.8, 4) is 17.2 Å². The molecule has 4 aromatic rings. The summed E-state index contributed by atoms with van der Waals surface area (Å²) in [4.78, 5) is 8.68. The SMILES string of the molecule is CSNc1cc(-c2ccc3ncc(C#N)c(NCc4ccc(F)cc4)c3c2)cnc1Cl. The van der Waals surface area contributed by atoms with E-state index in [1.54, 1.807) is 24.5 Å². The average molecular weight is 450 g/mol. The van der Waals surface area contributed by atoms with Gasteiger partial charge in [-0.25, -0.2) is 9.37 Å². The summed E-state index contributed by atoms with van der Waals surface area (Å²) in [6.45, 7) is 0.447. The third kappa shape index (κ3) is 4.55. The van der Waals surface area contributed by atoms with Crippen molar-refractivity contribution < 1.29 is 4.39 Å². The Morgan fingerprint density at radius 2 is 1.87 bits per heavy atom. The first-order chi connectivity index (χ1) is 15.1. The molecule has 5 nitrogen and oxygen atoms in total. The van der Waals surface area contributed by atoms with Crippen LogP contribution in [0, 0.1) is 17.1 Å². The van der Waals surface area contributed by atoms with Crippen LogP contribution in [-0.2, 0) is 6.54 Å². The smallest absolute Gasteiger partial charge is 0.152 e. The molecule has 2 aromatic carbocycles. The Morgan fingerprint density at radius 1 is 1.06 bits per heavy atom. The van der Waals surface area contributed by atoms with E-state index in [0.29, 0.717) is 22.9 Å². The quantitative estimate of drug-likeness (QED) is 0.267. The molecule has 0 atom stereocenters. The summed E-state index contributed by atoms with van der Waals surface area (Å²) in [5.41, 5.74) is 5.31. The second-order valence-electron chi connectivity index (χ2n) is 6.74. The molecule has 2 heterocycles. The monoisotopic (exact) mass is 449 g/mol. The largest absolute Gasteiger partial charge is 0.379 e. The zero-order valence-corrected chi connectivity index (χ0v) is 18.1. The Labute approximate surface area is 188 Å². The lowest BCUT2D eigenvalue weighted by molar-refractivity contribution is 0.627. The van der Waals surface area contributed by atoms with Crippen molar-refractivity contribution in [3.05, 3.63) is 83.0 Å². The Bertz CT molecular complexity index is 1290. The van der Waals surface area contributed by atoms with Crippen LogP contribution in [-0.4, -0.2) is 16.2 Å². The maximum Gasteiger partial charge on any atom is 0.152 e. The molecule has 0 fully saturated rings. The lowest BCUT2D eigenvalue weighted by atomic mass is 10.0. The fraction of sp³-hybridized carbons (Fsp3) is 0.0870. The second-order valence-corrected chi connectivity index (χ2v) is 7.71. The standard InChI is InChI=1S/C23H17ClFN5S/c1-31-30-21-9-16(12-29-23(21)24)15-4-7-20-19(8-15)22(17(10-26)13-27-20)28-11-14-2-5-18(25)6-3-14/h2-9,12-13,30H,11H2,1H3,(H,27,28). The highest BCUT2D eigenvalue weighted by Crippen LogP contribution is 2.33. The molecule has 0 aliphatic heterocycles. The molecule has 0 aliphatic carbocycles. The van der Waals surface area contributed by atoms with Gasteiger partial charge in [0, 0.05) is 36.1 Å². The Hall–Kier alpha value is -3.34. The second kappa shape index (κ2) is 9.21. The zero-order chi connectivity index (χ0) is 21.8. The minimum absolute atomic E-state index is 0.285. The third-order valence-corrected chi connectivity index (χ3v) is 5.48. The highest BCUT2D eigenvalue weighted by molar-refractivity contribution is 7.99. The first kappa shape index (κ1) is 20.9. The van der Waals surface area contributed by atoms with Crippen LogP contribution in [0.5, 0.6) is 0 Å². The fourth-order valence-electron chi connectivity index (χ4n) is 3.23. The van der Waals surface area contributed by atoms with Crippen molar-refractivity contribution >= 4 is 45.8 Å². The zero-order valence-electron chi connectivity index (χ0n) is 16.5. The molecular weight excluding hydrogens is 433 g/mol. The van der Waals surface area contributed by atoms with Crippen LogP contribution in [0.1, 0.15) is 11.1 Å². The minimum atomic E-state index is -0.285. The van der Waals surface area contributed by atoms with Gasteiger partial charge < -0.3 is 10.0 Å². The number of nitrogens with zero attached hydrogens (tertiary/aromatic N) is 3. The van der Waals surface area contributed by atoms with Gasteiger partial charge in [0.2, 0.25) is 0 Å². The van der Waals surface area contributed by atoms with E-state index in [9.17, 15) is 9.65 Å². The predicted octanol–water partition coefficient (Wildman–Crippen LogP) is 6.26. The highest BCUT2D eigenvalue weighted by atomic mass is 35.5. The van der Waals surface area contributed by atoms with Crippen LogP contribution < -0.4 is 10.0 Å². The van der Waals surface area contributed by atoms with Gasteiger partial charge in [0.1, 0.15) is 11.9 Å². The van der Waals surface area contributed by atoms with E-state index in [1.807, 2.05) is 30.5 Å². The van der Waals surface area contributed by atoms with E-state index >= 15 is 0 Å². The molecule has 154 valence electrons. The van der Waals surface area contributed by atoms with E-state index in [1.165, 1.54) is 24.1 Å². The summed E-state index contributed by atoms with van der Waals surface area (Å²) in [5.74, 6) is -0.285. The number of halogens is 2. The molecule has 8 heteroatoms. The molecular formula is C23H17ClFN5S. The number of hydrogen-bond donors (Lipinski definition) is 2. The number of nitrogens with one attached hydrogen (secondary N) is 2. The third-order valence-electron chi connectivity index (χ3n) is 4.76. The maximum absolute atomic E-state index is 13.2. The van der Waals surface area contributed by atoms with Crippen molar-refractivity contribution in [1.29, 1.82) is 5.26 Å². The molecule has 0 bridgehead atoms. The molecule has 0 saturated heterocycles. The van der Waals surface area contributed by atoms with Crippen molar-refractivity contribution in [2.24, 2.45) is 0 Å². The molecule has 0 saturated carbocycles. The number of nitriles is 1. The Kier molecular flexibility index (Phi) is 6.21. The van der Waals surface area contributed by atoms with E-state index in [-0.39, 0.29) is 5.82 Å². The average Bonchev–Trinajstić information content (AvgIpc) is 2.79. The molecule has 2 aromatic heterocycles. The topological polar surface area (TPSA) is 73.6 Å². The number of aromatic nitrogens is 2. The van der Waals surface area contributed by atoms with Crippen molar-refractivity contribution in [2.45, 2.75) is 6.54 Å². The fourth-order valence-corrected chi connectivity index (χ4v) is 3.81. The first-order valence-corrected chi connectivity index (χ1v) is 11.0. The van der Waals surface area contributed by atoms with Crippen molar-refractivity contribution in [3.63, 3.8) is 0 Å². The van der Waals surface area contributed by atoms with Crippen LogP contribution in [0.2, 0.25) is 5.15 Å². The Morgan fingerprint density at radius 3 is 2.61 bits per heavy atom. The molecule has 2 N–H and O–H groups in total. The van der Waals surface area contributed by atoms with Gasteiger partial charge in [-0.3, -0.25) is 4.98 Å². The van der Waals surface area contributed by atoms with E-state index in [2.05, 4.69) is 26.1 Å². The van der Waals surface area contributed by atoms with Crippen LogP contribution in [0.4, 0.5) is 15.8 Å². The molecule has 0 aliphatic rings. The summed E-state index contributed by atoms with van der Waals surface area (Å²) in [5, 5.41) is 14.1. The molecule has 0 spiro atoms. The van der Waals surface area contributed by atoms with Gasteiger partial charge in [0.25, 0.3) is 0 Å². The minimum Gasteiger partial charge on any atom is -0.379 e. The van der Waals surface area contributed by atoms with Crippen LogP contribution in [0.25, 0.3) is 22.0 Å². The number of benzene rings is 2. The summed E-state index contributed by atoms with van der Waals surface area (Å²) in [6, 6.07) is 16.2. The van der Waals surface area contributed by atoms with Crippen LogP contribution in [0.3, 0.4) is 0 Å². The van der Waals surface area contributed by atoms with Gasteiger partial charge in [0.05, 0.1) is 22.5 Å². The van der Waals surface area contributed by atoms with Crippen molar-refractivity contribution in [2.75, 3.05) is 16.3 Å². The Balaban J connectivity index is 1.76. The number of hydrogen-bond acceptors (Lipinski definition) is 6. The maximum atomic E-state index is 13.2. The van der Waals surface area contributed by atoms with E-state index in [0.717, 1.165) is 33.3 Å². The predicted molar refractivity (Wildman–Crippen MR) is 126 cm³/mol. The lowest BCUT2D eigenvalue weighted by Crippen LogP contribution is -2.03. The van der Waals surface area contributed by atoms with Gasteiger partial charge >= 0.3 is 0 Å². The van der Waals surface area contributed by atoms with Gasteiger partial charge in [-0.1, -0.05) is 41.7 Å². The molecule has 0 amide bonds. The van der Waals surface area contributed by atoms with Gasteiger partial charge in [-0.2, -0.15) is 5.26 Å². The van der Waals surface area contributed by atoms with Crippen molar-refractivity contribution in [1.82, 2.24) is 9.97 Å². The molecule has 31 heavy (non-hydrogen) atoms. The summed E-state index contributed by atoms with van der Waals surface area (Å²) in [7, 11) is 0. The number of rotatable bonds is 6. The lowest BCUT2D eigenvalue weighted by Gasteiger charge is -2.13. The summed E-state index contributed by atoms with van der Waals surface area (Å²) >= 11 is 7.60. The molecule has 4 rings (SSSR count). The van der Waals surface area contributed by atoms with E-state index < -0.39 is 0 Å². The number of anilines is 2. The summed E-state index contributed by atoms with van der Waals surface area (Å²) in [6.07, 6.45) is 5.18. The number of fused-ring (bicyclic) bond motifs is 1. The van der Waals surface area contributed by atoms with Gasteiger partial charge in [-0.15, -0.1) is 0 Å². The molecule has 0 unspecified atom stereocenters. The van der Waals surface area contributed by atoms with Crippen LogP contribution in [0.15, 0.2) is 60.9 Å². The van der Waals surface area contributed by atoms with Gasteiger partial charge in [0.15, 0.2) is 5.15 Å². The summed E-state index contributed by atoms with van der Waals surface area (Å²) < 4.78 is 16.3. The number of pyridine rings is 2.